The van der Waals surface area contributed by atoms with Gasteiger partial charge in [0, 0.05) is 12.5 Å². The van der Waals surface area contributed by atoms with E-state index in [1.807, 2.05) is 7.05 Å². The predicted octanol–water partition coefficient (Wildman–Crippen LogP) is 5.13. The van der Waals surface area contributed by atoms with Gasteiger partial charge >= 0.3 is 0 Å². The van der Waals surface area contributed by atoms with Gasteiger partial charge in [-0.3, -0.25) is 0 Å². The van der Waals surface area contributed by atoms with E-state index in [-0.39, 0.29) is 6.04 Å². The lowest BCUT2D eigenvalue weighted by Gasteiger charge is -2.19. The first-order chi connectivity index (χ1) is 8.61. The van der Waals surface area contributed by atoms with Crippen molar-refractivity contribution in [2.45, 2.75) is 6.04 Å². The standard InChI is InChI=1S/C14H12Br2IN/c1-18-14(9-2-4-10(15)5-3-9)12-8-11(16)6-7-13(12)17/h2-8,14,18H,1H3. The van der Waals surface area contributed by atoms with Gasteiger partial charge in [0.2, 0.25) is 0 Å². The van der Waals surface area contributed by atoms with E-state index in [2.05, 4.69) is 102 Å². The van der Waals surface area contributed by atoms with Gasteiger partial charge in [0.25, 0.3) is 0 Å². The van der Waals surface area contributed by atoms with Crippen molar-refractivity contribution in [1.29, 1.82) is 0 Å². The Morgan fingerprint density at radius 1 is 1.00 bits per heavy atom. The lowest BCUT2D eigenvalue weighted by molar-refractivity contribution is 0.688. The first kappa shape index (κ1) is 14.5. The molecule has 1 unspecified atom stereocenters. The highest BCUT2D eigenvalue weighted by Crippen LogP contribution is 2.29. The topological polar surface area (TPSA) is 12.0 Å². The van der Waals surface area contributed by atoms with Crippen LogP contribution in [0.5, 0.6) is 0 Å². The SMILES string of the molecule is CNC(c1ccc(Br)cc1)c1cc(Br)ccc1I. The van der Waals surface area contributed by atoms with Crippen molar-refractivity contribution in [3.63, 3.8) is 0 Å². The van der Waals surface area contributed by atoms with Gasteiger partial charge in [-0.2, -0.15) is 0 Å². The molecular formula is C14H12Br2IN. The number of benzene rings is 2. The van der Waals surface area contributed by atoms with Crippen molar-refractivity contribution in [2.75, 3.05) is 7.05 Å². The normalized spacial score (nSPS) is 12.4. The van der Waals surface area contributed by atoms with Crippen LogP contribution in [0, 0.1) is 3.57 Å². The van der Waals surface area contributed by atoms with Crippen LogP contribution in [0.1, 0.15) is 17.2 Å². The Hall–Kier alpha value is 0.0900. The van der Waals surface area contributed by atoms with Gasteiger partial charge in [0.1, 0.15) is 0 Å². The average molecular weight is 481 g/mol. The Balaban J connectivity index is 2.44. The van der Waals surface area contributed by atoms with Gasteiger partial charge in [0.15, 0.2) is 0 Å². The van der Waals surface area contributed by atoms with Crippen LogP contribution >= 0.6 is 54.5 Å². The van der Waals surface area contributed by atoms with Crippen LogP contribution in [0.4, 0.5) is 0 Å². The number of halogens is 3. The molecule has 0 aliphatic heterocycles. The molecule has 2 aromatic rings. The molecule has 94 valence electrons. The fraction of sp³-hybridized carbons (Fsp3) is 0.143. The first-order valence-electron chi connectivity index (χ1n) is 5.49. The van der Waals surface area contributed by atoms with E-state index in [0.29, 0.717) is 0 Å². The maximum absolute atomic E-state index is 3.54. The molecule has 0 saturated carbocycles. The number of hydrogen-bond acceptors (Lipinski definition) is 1. The van der Waals surface area contributed by atoms with Crippen molar-refractivity contribution in [3.8, 4) is 0 Å². The summed E-state index contributed by atoms with van der Waals surface area (Å²) in [5, 5.41) is 3.38. The van der Waals surface area contributed by atoms with Gasteiger partial charge in [-0.05, 0) is 71.1 Å². The largest absolute Gasteiger partial charge is 0.309 e. The Morgan fingerprint density at radius 2 is 1.61 bits per heavy atom. The summed E-state index contributed by atoms with van der Waals surface area (Å²) in [5.74, 6) is 0. The van der Waals surface area contributed by atoms with Crippen molar-refractivity contribution in [1.82, 2.24) is 5.32 Å². The van der Waals surface area contributed by atoms with Crippen LogP contribution in [0.3, 0.4) is 0 Å². The molecule has 0 radical (unpaired) electrons. The molecule has 1 nitrogen and oxygen atoms in total. The molecule has 0 aromatic heterocycles. The van der Waals surface area contributed by atoms with E-state index < -0.39 is 0 Å². The zero-order valence-electron chi connectivity index (χ0n) is 9.75. The average Bonchev–Trinajstić information content (AvgIpc) is 2.37. The Labute approximate surface area is 138 Å². The second-order valence-electron chi connectivity index (χ2n) is 3.94. The summed E-state index contributed by atoms with van der Waals surface area (Å²) in [5.41, 5.74) is 2.55. The van der Waals surface area contributed by atoms with E-state index in [1.165, 1.54) is 14.7 Å². The summed E-state index contributed by atoms with van der Waals surface area (Å²) in [7, 11) is 1.99. The molecule has 0 spiro atoms. The van der Waals surface area contributed by atoms with Crippen molar-refractivity contribution >= 4 is 54.5 Å². The van der Waals surface area contributed by atoms with Gasteiger partial charge in [-0.25, -0.2) is 0 Å². The Bertz CT molecular complexity index is 540. The molecule has 1 N–H and O–H groups in total. The first-order valence-corrected chi connectivity index (χ1v) is 8.16. The number of rotatable bonds is 3. The van der Waals surface area contributed by atoms with E-state index in [9.17, 15) is 0 Å². The summed E-state index contributed by atoms with van der Waals surface area (Å²) in [6.07, 6.45) is 0. The van der Waals surface area contributed by atoms with Gasteiger partial charge in [-0.15, -0.1) is 0 Å². The highest BCUT2D eigenvalue weighted by Gasteiger charge is 2.15. The smallest absolute Gasteiger partial charge is 0.0585 e. The number of nitrogens with one attached hydrogen (secondary N) is 1. The molecule has 4 heteroatoms. The van der Waals surface area contributed by atoms with Crippen LogP contribution in [0.2, 0.25) is 0 Å². The Kier molecular flexibility index (Phi) is 5.24. The molecular weight excluding hydrogens is 469 g/mol. The van der Waals surface area contributed by atoms with Gasteiger partial charge in [0.05, 0.1) is 6.04 Å². The van der Waals surface area contributed by atoms with Crippen molar-refractivity contribution in [3.05, 3.63) is 66.1 Å². The molecule has 2 aromatic carbocycles. The second kappa shape index (κ2) is 6.50. The summed E-state index contributed by atoms with van der Waals surface area (Å²) >= 11 is 9.39. The summed E-state index contributed by atoms with van der Waals surface area (Å²) in [6.45, 7) is 0. The number of hydrogen-bond donors (Lipinski definition) is 1. The van der Waals surface area contributed by atoms with E-state index >= 15 is 0 Å². The van der Waals surface area contributed by atoms with Crippen LogP contribution in [0.15, 0.2) is 51.4 Å². The zero-order valence-corrected chi connectivity index (χ0v) is 15.1. The van der Waals surface area contributed by atoms with E-state index in [0.717, 1.165) is 8.95 Å². The van der Waals surface area contributed by atoms with Gasteiger partial charge in [-0.1, -0.05) is 44.0 Å². The fourth-order valence-electron chi connectivity index (χ4n) is 1.89. The highest BCUT2D eigenvalue weighted by atomic mass is 127. The van der Waals surface area contributed by atoms with Crippen LogP contribution < -0.4 is 5.32 Å². The third kappa shape index (κ3) is 3.35. The third-order valence-electron chi connectivity index (χ3n) is 2.76. The third-order valence-corrected chi connectivity index (χ3v) is 4.77. The van der Waals surface area contributed by atoms with Crippen LogP contribution in [-0.2, 0) is 0 Å². The minimum Gasteiger partial charge on any atom is -0.309 e. The summed E-state index contributed by atoms with van der Waals surface area (Å²) < 4.78 is 3.47. The fourth-order valence-corrected chi connectivity index (χ4v) is 3.18. The summed E-state index contributed by atoms with van der Waals surface area (Å²) in [4.78, 5) is 0. The molecule has 0 bridgehead atoms. The predicted molar refractivity (Wildman–Crippen MR) is 91.9 cm³/mol. The molecule has 0 heterocycles. The molecule has 2 rings (SSSR count). The lowest BCUT2D eigenvalue weighted by atomic mass is 9.99. The Morgan fingerprint density at radius 3 is 2.22 bits per heavy atom. The molecule has 1 atom stereocenters. The highest BCUT2D eigenvalue weighted by molar-refractivity contribution is 14.1. The maximum Gasteiger partial charge on any atom is 0.0585 e. The quantitative estimate of drug-likeness (QED) is 0.601. The summed E-state index contributed by atoms with van der Waals surface area (Å²) in [6, 6.07) is 15.0. The van der Waals surface area contributed by atoms with Crippen molar-refractivity contribution in [2.24, 2.45) is 0 Å². The maximum atomic E-state index is 3.54. The zero-order chi connectivity index (χ0) is 13.1. The minimum atomic E-state index is 0.211. The van der Waals surface area contributed by atoms with Crippen LogP contribution in [-0.4, -0.2) is 7.05 Å². The molecule has 0 aliphatic rings. The van der Waals surface area contributed by atoms with Crippen molar-refractivity contribution < 1.29 is 0 Å². The molecule has 0 saturated heterocycles. The molecule has 0 aliphatic carbocycles. The van der Waals surface area contributed by atoms with Gasteiger partial charge < -0.3 is 5.32 Å². The molecule has 18 heavy (non-hydrogen) atoms. The second-order valence-corrected chi connectivity index (χ2v) is 6.93. The minimum absolute atomic E-state index is 0.211. The monoisotopic (exact) mass is 479 g/mol. The lowest BCUT2D eigenvalue weighted by Crippen LogP contribution is -2.18. The molecule has 0 fully saturated rings. The molecule has 0 amide bonds. The van der Waals surface area contributed by atoms with Crippen LogP contribution in [0.25, 0.3) is 0 Å². The van der Waals surface area contributed by atoms with E-state index in [1.54, 1.807) is 0 Å². The van der Waals surface area contributed by atoms with E-state index in [4.69, 9.17) is 0 Å².